The van der Waals surface area contributed by atoms with Gasteiger partial charge >= 0.3 is 0 Å². The molecule has 2 rings (SSSR count). The highest BCUT2D eigenvalue weighted by Crippen LogP contribution is 2.23. The molecule has 106 valence electrons. The molecule has 0 spiro atoms. The normalized spacial score (nSPS) is 12.4. The highest BCUT2D eigenvalue weighted by atomic mass is 127. The Kier molecular flexibility index (Phi) is 5.99. The Balaban J connectivity index is 2.23. The summed E-state index contributed by atoms with van der Waals surface area (Å²) in [6.45, 7) is 2.92. The maximum Gasteiger partial charge on any atom is 0.124 e. The zero-order valence-corrected chi connectivity index (χ0v) is 14.9. The van der Waals surface area contributed by atoms with Crippen LogP contribution in [-0.4, -0.2) is 6.54 Å². The van der Waals surface area contributed by atoms with Crippen molar-refractivity contribution >= 4 is 38.5 Å². The fraction of sp³-hybridized carbons (Fsp3) is 0.250. The molecule has 1 atom stereocenters. The van der Waals surface area contributed by atoms with Crippen molar-refractivity contribution in [2.24, 2.45) is 0 Å². The molecule has 2 aromatic carbocycles. The highest BCUT2D eigenvalue weighted by Gasteiger charge is 2.13. The topological polar surface area (TPSA) is 12.0 Å². The zero-order valence-electron chi connectivity index (χ0n) is 11.2. The Morgan fingerprint density at radius 2 is 1.90 bits per heavy atom. The van der Waals surface area contributed by atoms with E-state index in [9.17, 15) is 4.39 Å². The van der Waals surface area contributed by atoms with Gasteiger partial charge in [-0.1, -0.05) is 35.0 Å². The minimum atomic E-state index is -0.208. The average Bonchev–Trinajstić information content (AvgIpc) is 2.39. The van der Waals surface area contributed by atoms with E-state index in [1.807, 2.05) is 6.07 Å². The minimum absolute atomic E-state index is 0.118. The molecule has 0 amide bonds. The molecule has 0 fully saturated rings. The van der Waals surface area contributed by atoms with Crippen LogP contribution < -0.4 is 5.32 Å². The van der Waals surface area contributed by atoms with Crippen LogP contribution in [0.1, 0.15) is 24.1 Å². The molecule has 2 aromatic rings. The van der Waals surface area contributed by atoms with E-state index >= 15 is 0 Å². The van der Waals surface area contributed by atoms with E-state index in [1.54, 1.807) is 6.07 Å². The lowest BCUT2D eigenvalue weighted by molar-refractivity contribution is 0.542. The fourth-order valence-corrected chi connectivity index (χ4v) is 3.03. The van der Waals surface area contributed by atoms with Gasteiger partial charge in [-0.25, -0.2) is 4.39 Å². The molecule has 0 saturated carbocycles. The third kappa shape index (κ3) is 4.53. The summed E-state index contributed by atoms with van der Waals surface area (Å²) in [5.41, 5.74) is 2.22. The summed E-state index contributed by atoms with van der Waals surface area (Å²) < 4.78 is 15.6. The van der Waals surface area contributed by atoms with Crippen molar-refractivity contribution in [1.82, 2.24) is 5.32 Å². The van der Waals surface area contributed by atoms with Crippen LogP contribution in [0, 0.1) is 9.39 Å². The van der Waals surface area contributed by atoms with Crippen LogP contribution in [0.3, 0.4) is 0 Å². The number of rotatable bonds is 5. The molecular formula is C16H16BrFIN. The maximum absolute atomic E-state index is 13.6. The van der Waals surface area contributed by atoms with Crippen LogP contribution in [-0.2, 0) is 6.42 Å². The van der Waals surface area contributed by atoms with Gasteiger partial charge in [0, 0.05) is 14.1 Å². The quantitative estimate of drug-likeness (QED) is 0.629. The first-order chi connectivity index (χ1) is 9.58. The van der Waals surface area contributed by atoms with E-state index in [0.717, 1.165) is 23.0 Å². The van der Waals surface area contributed by atoms with Crippen molar-refractivity contribution in [2.75, 3.05) is 6.54 Å². The van der Waals surface area contributed by atoms with Crippen LogP contribution in [0.15, 0.2) is 46.9 Å². The third-order valence-electron chi connectivity index (χ3n) is 3.09. The summed E-state index contributed by atoms with van der Waals surface area (Å²) in [6, 6.07) is 13.6. The summed E-state index contributed by atoms with van der Waals surface area (Å²) in [7, 11) is 0. The van der Waals surface area contributed by atoms with Gasteiger partial charge in [-0.3, -0.25) is 0 Å². The van der Waals surface area contributed by atoms with Gasteiger partial charge in [0.25, 0.3) is 0 Å². The van der Waals surface area contributed by atoms with Crippen molar-refractivity contribution in [1.29, 1.82) is 0 Å². The smallest absolute Gasteiger partial charge is 0.124 e. The van der Waals surface area contributed by atoms with Crippen molar-refractivity contribution < 1.29 is 4.39 Å². The van der Waals surface area contributed by atoms with Crippen LogP contribution in [0.5, 0.6) is 0 Å². The fourth-order valence-electron chi connectivity index (χ4n) is 2.19. The lowest BCUT2D eigenvalue weighted by atomic mass is 9.99. The SMILES string of the molecule is CCNC(Cc1ccc(I)cc1)c1cc(F)cc(Br)c1. The molecular weight excluding hydrogens is 432 g/mol. The molecule has 1 unspecified atom stereocenters. The molecule has 0 radical (unpaired) electrons. The lowest BCUT2D eigenvalue weighted by Gasteiger charge is -2.19. The largest absolute Gasteiger partial charge is 0.310 e. The number of nitrogens with one attached hydrogen (secondary N) is 1. The van der Waals surface area contributed by atoms with Crippen LogP contribution in [0.25, 0.3) is 0 Å². The van der Waals surface area contributed by atoms with Gasteiger partial charge in [-0.15, -0.1) is 0 Å². The Morgan fingerprint density at radius 3 is 2.50 bits per heavy atom. The molecule has 1 nitrogen and oxygen atoms in total. The van der Waals surface area contributed by atoms with E-state index in [0.29, 0.717) is 0 Å². The first-order valence-electron chi connectivity index (χ1n) is 6.52. The zero-order chi connectivity index (χ0) is 14.5. The number of likely N-dealkylation sites (N-methyl/N-ethyl adjacent to an activating group) is 1. The van der Waals surface area contributed by atoms with Crippen LogP contribution in [0.2, 0.25) is 0 Å². The number of hydrogen-bond acceptors (Lipinski definition) is 1. The van der Waals surface area contributed by atoms with Gasteiger partial charge < -0.3 is 5.32 Å². The van der Waals surface area contributed by atoms with Crippen LogP contribution in [0.4, 0.5) is 4.39 Å². The van der Waals surface area contributed by atoms with E-state index in [2.05, 4.69) is 75.0 Å². The van der Waals surface area contributed by atoms with Gasteiger partial charge in [-0.05, 0) is 77.0 Å². The van der Waals surface area contributed by atoms with Gasteiger partial charge in [0.2, 0.25) is 0 Å². The summed E-state index contributed by atoms with van der Waals surface area (Å²) in [4.78, 5) is 0. The summed E-state index contributed by atoms with van der Waals surface area (Å²) in [6.07, 6.45) is 0.848. The number of halogens is 3. The predicted molar refractivity (Wildman–Crippen MR) is 93.4 cm³/mol. The maximum atomic E-state index is 13.6. The molecule has 4 heteroatoms. The van der Waals surface area contributed by atoms with E-state index in [-0.39, 0.29) is 11.9 Å². The second-order valence-electron chi connectivity index (χ2n) is 4.64. The van der Waals surface area contributed by atoms with E-state index in [4.69, 9.17) is 0 Å². The van der Waals surface area contributed by atoms with Crippen LogP contribution >= 0.6 is 38.5 Å². The van der Waals surface area contributed by atoms with Gasteiger partial charge in [0.1, 0.15) is 5.82 Å². The average molecular weight is 448 g/mol. The number of benzene rings is 2. The molecule has 0 saturated heterocycles. The Hall–Kier alpha value is -0.460. The lowest BCUT2D eigenvalue weighted by Crippen LogP contribution is -2.23. The van der Waals surface area contributed by atoms with Gasteiger partial charge in [-0.2, -0.15) is 0 Å². The highest BCUT2D eigenvalue weighted by molar-refractivity contribution is 14.1. The van der Waals surface area contributed by atoms with Crippen molar-refractivity contribution in [3.8, 4) is 0 Å². The summed E-state index contributed by atoms with van der Waals surface area (Å²) in [5, 5.41) is 3.43. The second kappa shape index (κ2) is 7.52. The Labute approximate surface area is 141 Å². The van der Waals surface area contributed by atoms with Gasteiger partial charge in [0.05, 0.1) is 0 Å². The van der Waals surface area contributed by atoms with Crippen molar-refractivity contribution in [2.45, 2.75) is 19.4 Å². The standard InChI is InChI=1S/C16H16BrFIN/c1-2-20-16(7-11-3-5-15(19)6-4-11)12-8-13(17)10-14(18)9-12/h3-6,8-10,16,20H,2,7H2,1H3. The van der Waals surface area contributed by atoms with E-state index < -0.39 is 0 Å². The molecule has 1 N–H and O–H groups in total. The first-order valence-corrected chi connectivity index (χ1v) is 8.39. The van der Waals surface area contributed by atoms with Gasteiger partial charge in [0.15, 0.2) is 0 Å². The summed E-state index contributed by atoms with van der Waals surface area (Å²) in [5.74, 6) is -0.208. The molecule has 0 heterocycles. The summed E-state index contributed by atoms with van der Waals surface area (Å²) >= 11 is 5.65. The predicted octanol–water partition coefficient (Wildman–Crippen LogP) is 5.09. The molecule has 0 bridgehead atoms. The van der Waals surface area contributed by atoms with Crippen molar-refractivity contribution in [3.63, 3.8) is 0 Å². The molecule has 20 heavy (non-hydrogen) atoms. The van der Waals surface area contributed by atoms with Crippen molar-refractivity contribution in [3.05, 3.63) is 67.5 Å². The molecule has 0 aliphatic rings. The third-order valence-corrected chi connectivity index (χ3v) is 4.27. The molecule has 0 aliphatic carbocycles. The number of hydrogen-bond donors (Lipinski definition) is 1. The Morgan fingerprint density at radius 1 is 1.20 bits per heavy atom. The molecule has 0 aliphatic heterocycles. The second-order valence-corrected chi connectivity index (χ2v) is 6.80. The minimum Gasteiger partial charge on any atom is -0.310 e. The van der Waals surface area contributed by atoms with E-state index in [1.165, 1.54) is 15.2 Å². The molecule has 0 aromatic heterocycles. The Bertz CT molecular complexity index is 551. The first kappa shape index (κ1) is 15.9. The monoisotopic (exact) mass is 447 g/mol.